The van der Waals surface area contributed by atoms with E-state index >= 15 is 0 Å². The molecule has 2 aromatic carbocycles. The van der Waals surface area contributed by atoms with E-state index < -0.39 is 0 Å². The highest BCUT2D eigenvalue weighted by Crippen LogP contribution is 2.21. The van der Waals surface area contributed by atoms with Gasteiger partial charge in [0.1, 0.15) is 0 Å². The van der Waals surface area contributed by atoms with Gasteiger partial charge < -0.3 is 5.32 Å². The largest absolute Gasteiger partial charge is 0.356 e. The highest BCUT2D eigenvalue weighted by molar-refractivity contribution is 5.66. The molecule has 1 heteroatoms. The lowest BCUT2D eigenvalue weighted by molar-refractivity contribution is 1.13. The summed E-state index contributed by atoms with van der Waals surface area (Å²) in [5, 5.41) is 3.42. The Bertz CT molecular complexity index is 527. The van der Waals surface area contributed by atoms with Crippen LogP contribution < -0.4 is 5.32 Å². The van der Waals surface area contributed by atoms with Crippen molar-refractivity contribution in [3.8, 4) is 0 Å². The summed E-state index contributed by atoms with van der Waals surface area (Å²) in [4.78, 5) is 0. The van der Waals surface area contributed by atoms with Crippen LogP contribution in [0.3, 0.4) is 0 Å². The summed E-state index contributed by atoms with van der Waals surface area (Å²) in [7, 11) is 0. The summed E-state index contributed by atoms with van der Waals surface area (Å²) >= 11 is 0. The zero-order chi connectivity index (χ0) is 12.8. The molecular weight excluding hydrogens is 218 g/mol. The molecule has 0 aliphatic rings. The zero-order valence-electron chi connectivity index (χ0n) is 11.0. The van der Waals surface area contributed by atoms with E-state index in [9.17, 15) is 0 Å². The Balaban J connectivity index is 2.27. The van der Waals surface area contributed by atoms with Gasteiger partial charge in [0, 0.05) is 11.4 Å². The van der Waals surface area contributed by atoms with Crippen LogP contribution in [0.5, 0.6) is 0 Å². The molecule has 0 fully saturated rings. The van der Waals surface area contributed by atoms with Gasteiger partial charge >= 0.3 is 0 Å². The molecule has 0 bridgehead atoms. The first kappa shape index (κ1) is 12.4. The fourth-order valence-corrected chi connectivity index (χ4v) is 2.02. The predicted octanol–water partition coefficient (Wildman–Crippen LogP) is 5.03. The van der Waals surface area contributed by atoms with Crippen LogP contribution in [-0.4, -0.2) is 0 Å². The van der Waals surface area contributed by atoms with E-state index in [1.54, 1.807) is 0 Å². The first-order valence-electron chi connectivity index (χ1n) is 6.41. The molecule has 0 spiro atoms. The molecule has 18 heavy (non-hydrogen) atoms. The van der Waals surface area contributed by atoms with Crippen LogP contribution in [0.2, 0.25) is 0 Å². The molecule has 0 saturated heterocycles. The van der Waals surface area contributed by atoms with Gasteiger partial charge in [-0.05, 0) is 48.7 Å². The molecule has 92 valence electrons. The van der Waals surface area contributed by atoms with Crippen LogP contribution in [0, 0.1) is 0 Å². The zero-order valence-corrected chi connectivity index (χ0v) is 11.0. The highest BCUT2D eigenvalue weighted by atomic mass is 14.9. The van der Waals surface area contributed by atoms with Gasteiger partial charge in [0.15, 0.2) is 0 Å². The van der Waals surface area contributed by atoms with Crippen molar-refractivity contribution in [3.63, 3.8) is 0 Å². The molecule has 0 aliphatic carbocycles. The fourth-order valence-electron chi connectivity index (χ4n) is 2.02. The number of para-hydroxylation sites is 1. The number of aryl methyl sites for hydroxylation is 1. The summed E-state index contributed by atoms with van der Waals surface area (Å²) in [6.45, 7) is 4.24. The molecule has 0 amide bonds. The molecule has 1 N–H and O–H groups in total. The molecule has 0 unspecified atom stereocenters. The van der Waals surface area contributed by atoms with Gasteiger partial charge in [0.25, 0.3) is 0 Å². The molecule has 0 aromatic heterocycles. The van der Waals surface area contributed by atoms with Crippen LogP contribution in [0.1, 0.15) is 25.0 Å². The van der Waals surface area contributed by atoms with Gasteiger partial charge in [-0.25, -0.2) is 0 Å². The Morgan fingerprint density at radius 3 is 2.44 bits per heavy atom. The Morgan fingerprint density at radius 2 is 1.78 bits per heavy atom. The van der Waals surface area contributed by atoms with Gasteiger partial charge in [-0.3, -0.25) is 0 Å². The molecule has 0 aliphatic heterocycles. The summed E-state index contributed by atoms with van der Waals surface area (Å²) in [6, 6.07) is 16.8. The average molecular weight is 237 g/mol. The first-order chi connectivity index (χ1) is 8.83. The lowest BCUT2D eigenvalue weighted by Gasteiger charge is -2.10. The summed E-state index contributed by atoms with van der Waals surface area (Å²) in [5.41, 5.74) is 4.92. The molecule has 0 radical (unpaired) electrons. The van der Waals surface area contributed by atoms with E-state index in [-0.39, 0.29) is 0 Å². The Hall–Kier alpha value is -2.02. The number of benzene rings is 2. The molecule has 2 rings (SSSR count). The molecular formula is C17H19N. The van der Waals surface area contributed by atoms with E-state index in [0.717, 1.165) is 17.8 Å². The smallest absolute Gasteiger partial charge is 0.0390 e. The predicted molar refractivity (Wildman–Crippen MR) is 80.3 cm³/mol. The maximum absolute atomic E-state index is 3.42. The van der Waals surface area contributed by atoms with Crippen molar-refractivity contribution < 1.29 is 0 Å². The van der Waals surface area contributed by atoms with Gasteiger partial charge in [-0.2, -0.15) is 0 Å². The minimum Gasteiger partial charge on any atom is -0.356 e. The third-order valence-corrected chi connectivity index (χ3v) is 2.94. The van der Waals surface area contributed by atoms with Gasteiger partial charge in [-0.1, -0.05) is 43.3 Å². The second-order valence-corrected chi connectivity index (χ2v) is 4.26. The molecule has 0 saturated carbocycles. The first-order valence-corrected chi connectivity index (χ1v) is 6.41. The van der Waals surface area contributed by atoms with Crippen molar-refractivity contribution in [3.05, 3.63) is 65.7 Å². The number of hydrogen-bond acceptors (Lipinski definition) is 1. The van der Waals surface area contributed by atoms with E-state index in [2.05, 4.69) is 61.6 Å². The maximum Gasteiger partial charge on any atom is 0.0390 e. The van der Waals surface area contributed by atoms with Crippen molar-refractivity contribution in [1.29, 1.82) is 0 Å². The molecule has 1 nitrogen and oxygen atoms in total. The highest BCUT2D eigenvalue weighted by Gasteiger charge is 2.00. The molecule has 0 atom stereocenters. The number of hydrogen-bond donors (Lipinski definition) is 1. The van der Waals surface area contributed by atoms with Gasteiger partial charge in [0.05, 0.1) is 0 Å². The van der Waals surface area contributed by atoms with Crippen LogP contribution in [0.15, 0.2) is 54.6 Å². The average Bonchev–Trinajstić information content (AvgIpc) is 2.41. The van der Waals surface area contributed by atoms with E-state index in [4.69, 9.17) is 0 Å². The minimum atomic E-state index is 1.06. The SMILES string of the molecule is C/C=C\c1cc(Nc2ccccc2)ccc1CC. The number of rotatable bonds is 4. The lowest BCUT2D eigenvalue weighted by Crippen LogP contribution is -1.93. The third-order valence-electron chi connectivity index (χ3n) is 2.94. The van der Waals surface area contributed by atoms with Crippen LogP contribution in [0.25, 0.3) is 6.08 Å². The second-order valence-electron chi connectivity index (χ2n) is 4.26. The van der Waals surface area contributed by atoms with Gasteiger partial charge in [-0.15, -0.1) is 0 Å². The number of nitrogens with one attached hydrogen (secondary N) is 1. The summed E-state index contributed by atoms with van der Waals surface area (Å²) in [6.07, 6.45) is 5.31. The topological polar surface area (TPSA) is 12.0 Å². The maximum atomic E-state index is 3.42. The standard InChI is InChI=1S/C17H19N/c1-3-8-15-13-17(12-11-14(15)4-2)18-16-9-6-5-7-10-16/h3,5-13,18H,4H2,1-2H3/b8-3-. The summed E-state index contributed by atoms with van der Waals surface area (Å²) < 4.78 is 0. The minimum absolute atomic E-state index is 1.06. The Labute approximate surface area is 109 Å². The van der Waals surface area contributed by atoms with Gasteiger partial charge in [0.2, 0.25) is 0 Å². The Kier molecular flexibility index (Phi) is 4.19. The number of allylic oxidation sites excluding steroid dienone is 1. The van der Waals surface area contributed by atoms with Crippen LogP contribution in [-0.2, 0) is 6.42 Å². The van der Waals surface area contributed by atoms with Crippen molar-refractivity contribution in [2.75, 3.05) is 5.32 Å². The fraction of sp³-hybridized carbons (Fsp3) is 0.176. The van der Waals surface area contributed by atoms with Crippen LogP contribution in [0.4, 0.5) is 11.4 Å². The monoisotopic (exact) mass is 237 g/mol. The van der Waals surface area contributed by atoms with Crippen LogP contribution >= 0.6 is 0 Å². The Morgan fingerprint density at radius 1 is 1.00 bits per heavy atom. The van der Waals surface area contributed by atoms with E-state index in [1.807, 2.05) is 18.2 Å². The van der Waals surface area contributed by atoms with E-state index in [1.165, 1.54) is 11.1 Å². The third kappa shape index (κ3) is 3.01. The van der Waals surface area contributed by atoms with Crippen molar-refractivity contribution in [2.45, 2.75) is 20.3 Å². The molecule has 0 heterocycles. The van der Waals surface area contributed by atoms with Crippen molar-refractivity contribution in [1.82, 2.24) is 0 Å². The van der Waals surface area contributed by atoms with Crippen molar-refractivity contribution >= 4 is 17.5 Å². The normalized spacial score (nSPS) is 10.8. The molecule has 2 aromatic rings. The number of anilines is 2. The lowest BCUT2D eigenvalue weighted by atomic mass is 10.0. The summed E-state index contributed by atoms with van der Waals surface area (Å²) in [5.74, 6) is 0. The van der Waals surface area contributed by atoms with E-state index in [0.29, 0.717) is 0 Å². The quantitative estimate of drug-likeness (QED) is 0.786. The second kappa shape index (κ2) is 6.06. The van der Waals surface area contributed by atoms with Crippen molar-refractivity contribution in [2.24, 2.45) is 0 Å².